The van der Waals surface area contributed by atoms with Crippen molar-refractivity contribution in [1.82, 2.24) is 19.6 Å². The summed E-state index contributed by atoms with van der Waals surface area (Å²) in [6.07, 6.45) is 4.13. The molecule has 4 rings (SSSR count). The van der Waals surface area contributed by atoms with Gasteiger partial charge in [0.15, 0.2) is 0 Å². The summed E-state index contributed by atoms with van der Waals surface area (Å²) in [7, 11) is 1.91. The Bertz CT molecular complexity index is 992. The lowest BCUT2D eigenvalue weighted by Crippen LogP contribution is -2.44. The summed E-state index contributed by atoms with van der Waals surface area (Å²) >= 11 is 6.10. The van der Waals surface area contributed by atoms with Crippen LogP contribution in [0.4, 0.5) is 0 Å². The second-order valence-electron chi connectivity index (χ2n) is 7.93. The van der Waals surface area contributed by atoms with Crippen LogP contribution >= 0.6 is 11.6 Å². The maximum Gasteiger partial charge on any atom is 0.219 e. The number of hydrogen-bond acceptors (Lipinski definition) is 3. The predicted octanol–water partition coefficient (Wildman–Crippen LogP) is 4.64. The number of benzene rings is 2. The summed E-state index contributed by atoms with van der Waals surface area (Å²) < 4.78 is 1.95. The number of halogens is 1. The van der Waals surface area contributed by atoms with Gasteiger partial charge in [0.05, 0.1) is 11.4 Å². The van der Waals surface area contributed by atoms with Gasteiger partial charge in [-0.25, -0.2) is 4.68 Å². The van der Waals surface area contributed by atoms with Crippen molar-refractivity contribution in [3.8, 4) is 16.9 Å². The number of hydrogen-bond donors (Lipinski definition) is 0. The molecule has 1 saturated heterocycles. The third kappa shape index (κ3) is 4.58. The van der Waals surface area contributed by atoms with Gasteiger partial charge in [0.2, 0.25) is 5.91 Å². The second-order valence-corrected chi connectivity index (χ2v) is 8.36. The van der Waals surface area contributed by atoms with Gasteiger partial charge in [0, 0.05) is 62.0 Å². The smallest absolute Gasteiger partial charge is 0.219 e. The first-order valence-electron chi connectivity index (χ1n) is 10.4. The molecule has 30 heavy (non-hydrogen) atoms. The minimum Gasteiger partial charge on any atom is -0.343 e. The molecule has 156 valence electrons. The van der Waals surface area contributed by atoms with Crippen LogP contribution in [0.5, 0.6) is 0 Å². The quantitative estimate of drug-likeness (QED) is 0.601. The van der Waals surface area contributed by atoms with Gasteiger partial charge >= 0.3 is 0 Å². The molecule has 0 radical (unpaired) electrons. The van der Waals surface area contributed by atoms with E-state index in [1.165, 1.54) is 5.56 Å². The van der Waals surface area contributed by atoms with Crippen molar-refractivity contribution in [2.45, 2.75) is 32.4 Å². The summed E-state index contributed by atoms with van der Waals surface area (Å²) in [5, 5.41) is 5.63. The van der Waals surface area contributed by atoms with E-state index in [-0.39, 0.29) is 5.91 Å². The third-order valence-corrected chi connectivity index (χ3v) is 6.18. The minimum atomic E-state index is 0.141. The van der Waals surface area contributed by atoms with Crippen molar-refractivity contribution in [3.05, 3.63) is 71.4 Å². The van der Waals surface area contributed by atoms with Crippen molar-refractivity contribution in [3.63, 3.8) is 0 Å². The summed E-state index contributed by atoms with van der Waals surface area (Å²) in [5.41, 5.74) is 4.29. The van der Waals surface area contributed by atoms with Gasteiger partial charge in [0.25, 0.3) is 0 Å². The highest BCUT2D eigenvalue weighted by Gasteiger charge is 2.25. The van der Waals surface area contributed by atoms with Crippen LogP contribution in [-0.4, -0.2) is 51.7 Å². The SMILES string of the molecule is CC(=O)N(C)C1CCN(Cc2cn(-c3ccccc3)nc2-c2ccc(Cl)cc2)CC1. The van der Waals surface area contributed by atoms with E-state index in [9.17, 15) is 4.79 Å². The Morgan fingerprint density at radius 2 is 1.77 bits per heavy atom. The maximum atomic E-state index is 11.7. The molecule has 1 aromatic heterocycles. The molecular weight excluding hydrogens is 396 g/mol. The number of rotatable bonds is 5. The fourth-order valence-electron chi connectivity index (χ4n) is 4.05. The Balaban J connectivity index is 1.57. The number of likely N-dealkylation sites (tertiary alicyclic amines) is 1. The monoisotopic (exact) mass is 422 g/mol. The van der Waals surface area contributed by atoms with E-state index in [4.69, 9.17) is 16.7 Å². The highest BCUT2D eigenvalue weighted by molar-refractivity contribution is 6.30. The fourth-order valence-corrected chi connectivity index (χ4v) is 4.18. The fraction of sp³-hybridized carbons (Fsp3) is 0.333. The third-order valence-electron chi connectivity index (χ3n) is 5.92. The van der Waals surface area contributed by atoms with Crippen LogP contribution in [0.2, 0.25) is 5.02 Å². The van der Waals surface area contributed by atoms with Crippen LogP contribution in [0.3, 0.4) is 0 Å². The normalized spacial score (nSPS) is 15.3. The van der Waals surface area contributed by atoms with Crippen molar-refractivity contribution < 1.29 is 4.79 Å². The number of para-hydroxylation sites is 1. The van der Waals surface area contributed by atoms with Crippen LogP contribution in [0.1, 0.15) is 25.3 Å². The first-order chi connectivity index (χ1) is 14.5. The zero-order chi connectivity index (χ0) is 21.1. The Morgan fingerprint density at radius 3 is 2.40 bits per heavy atom. The molecule has 0 N–H and O–H groups in total. The van der Waals surface area contributed by atoms with Crippen molar-refractivity contribution in [1.29, 1.82) is 0 Å². The predicted molar refractivity (Wildman–Crippen MR) is 121 cm³/mol. The molecule has 0 bridgehead atoms. The molecule has 1 aliphatic rings. The first-order valence-corrected chi connectivity index (χ1v) is 10.7. The molecule has 0 aliphatic carbocycles. The van der Waals surface area contributed by atoms with Crippen molar-refractivity contribution >= 4 is 17.5 Å². The highest BCUT2D eigenvalue weighted by atomic mass is 35.5. The number of nitrogens with zero attached hydrogens (tertiary/aromatic N) is 4. The average molecular weight is 423 g/mol. The molecule has 2 heterocycles. The number of amides is 1. The lowest BCUT2D eigenvalue weighted by Gasteiger charge is -2.36. The Labute approximate surface area is 182 Å². The topological polar surface area (TPSA) is 41.4 Å². The first kappa shape index (κ1) is 20.6. The van der Waals surface area contributed by atoms with Gasteiger partial charge in [-0.2, -0.15) is 5.10 Å². The summed E-state index contributed by atoms with van der Waals surface area (Å²) in [5.74, 6) is 0.141. The van der Waals surface area contributed by atoms with Gasteiger partial charge in [-0.3, -0.25) is 9.69 Å². The molecule has 0 unspecified atom stereocenters. The molecule has 0 saturated carbocycles. The van der Waals surface area contributed by atoms with Gasteiger partial charge in [-0.15, -0.1) is 0 Å². The molecule has 1 fully saturated rings. The van der Waals surface area contributed by atoms with E-state index in [2.05, 4.69) is 23.2 Å². The number of carbonyl (C=O) groups is 1. The van der Waals surface area contributed by atoms with E-state index in [0.29, 0.717) is 6.04 Å². The maximum absolute atomic E-state index is 11.7. The number of aromatic nitrogens is 2. The lowest BCUT2D eigenvalue weighted by molar-refractivity contribution is -0.130. The zero-order valence-electron chi connectivity index (χ0n) is 17.5. The van der Waals surface area contributed by atoms with Gasteiger partial charge in [-0.1, -0.05) is 41.9 Å². The largest absolute Gasteiger partial charge is 0.343 e. The molecular formula is C24H27ClN4O. The van der Waals surface area contributed by atoms with Gasteiger partial charge < -0.3 is 4.90 Å². The molecule has 1 amide bonds. The summed E-state index contributed by atoms with van der Waals surface area (Å²) in [6.45, 7) is 4.42. The zero-order valence-corrected chi connectivity index (χ0v) is 18.2. The highest BCUT2D eigenvalue weighted by Crippen LogP contribution is 2.27. The summed E-state index contributed by atoms with van der Waals surface area (Å²) in [6, 6.07) is 18.4. The lowest BCUT2D eigenvalue weighted by atomic mass is 10.0. The Morgan fingerprint density at radius 1 is 1.10 bits per heavy atom. The van der Waals surface area contributed by atoms with E-state index < -0.39 is 0 Å². The van der Waals surface area contributed by atoms with Crippen LogP contribution < -0.4 is 0 Å². The summed E-state index contributed by atoms with van der Waals surface area (Å²) in [4.78, 5) is 16.0. The molecule has 0 atom stereocenters. The van der Waals surface area contributed by atoms with E-state index in [1.54, 1.807) is 6.92 Å². The molecule has 2 aromatic carbocycles. The second kappa shape index (κ2) is 9.02. The Kier molecular flexibility index (Phi) is 6.21. The van der Waals surface area contributed by atoms with E-state index in [1.807, 2.05) is 59.1 Å². The standard InChI is InChI=1S/C24H27ClN4O/c1-18(30)27(2)22-12-14-28(15-13-22)16-20-17-29(23-6-4-3-5-7-23)26-24(20)19-8-10-21(25)11-9-19/h3-11,17,22H,12-16H2,1-2H3. The number of piperidine rings is 1. The molecule has 3 aromatic rings. The van der Waals surface area contributed by atoms with Gasteiger partial charge in [-0.05, 0) is 37.1 Å². The number of carbonyl (C=O) groups excluding carboxylic acids is 1. The van der Waals surface area contributed by atoms with Crippen molar-refractivity contribution in [2.75, 3.05) is 20.1 Å². The average Bonchev–Trinajstić information content (AvgIpc) is 3.18. The van der Waals surface area contributed by atoms with E-state index >= 15 is 0 Å². The van der Waals surface area contributed by atoms with Crippen molar-refractivity contribution in [2.24, 2.45) is 0 Å². The molecule has 0 spiro atoms. The molecule has 6 heteroatoms. The van der Waals surface area contributed by atoms with Crippen LogP contribution in [0.25, 0.3) is 16.9 Å². The van der Waals surface area contributed by atoms with Crippen LogP contribution in [0.15, 0.2) is 60.8 Å². The van der Waals surface area contributed by atoms with Crippen LogP contribution in [-0.2, 0) is 11.3 Å². The Hall–Kier alpha value is -2.63. The van der Waals surface area contributed by atoms with E-state index in [0.717, 1.165) is 54.4 Å². The minimum absolute atomic E-state index is 0.141. The van der Waals surface area contributed by atoms with Crippen LogP contribution in [0, 0.1) is 0 Å². The molecule has 5 nitrogen and oxygen atoms in total. The molecule has 1 aliphatic heterocycles. The van der Waals surface area contributed by atoms with Gasteiger partial charge in [0.1, 0.15) is 0 Å².